The summed E-state index contributed by atoms with van der Waals surface area (Å²) in [5, 5.41) is 11.8. The molecule has 3 heteroatoms. The van der Waals surface area contributed by atoms with Crippen LogP contribution in [0.1, 0.15) is 16.8 Å². The summed E-state index contributed by atoms with van der Waals surface area (Å²) in [5.74, 6) is 1.54. The zero-order valence-electron chi connectivity index (χ0n) is 7.66. The molecular weight excluding hydrogens is 178 g/mol. The summed E-state index contributed by atoms with van der Waals surface area (Å²) in [6, 6.07) is 6.75. The summed E-state index contributed by atoms with van der Waals surface area (Å²) in [5.41, 5.74) is 0.875. The van der Waals surface area contributed by atoms with Crippen LogP contribution in [0.25, 0.3) is 0 Å². The number of carboxylic acids is 1. The summed E-state index contributed by atoms with van der Waals surface area (Å²) in [7, 11) is 0. The second-order valence-electron chi connectivity index (χ2n) is 2.73. The average molecular weight is 189 g/mol. The minimum absolute atomic E-state index is 0.268. The van der Waals surface area contributed by atoms with E-state index in [1.165, 1.54) is 0 Å². The van der Waals surface area contributed by atoms with Crippen LogP contribution in [0.5, 0.6) is 0 Å². The molecule has 72 valence electrons. The Labute approximate surface area is 82.8 Å². The van der Waals surface area contributed by atoms with E-state index < -0.39 is 5.97 Å². The van der Waals surface area contributed by atoms with E-state index in [1.54, 1.807) is 24.3 Å². The van der Waals surface area contributed by atoms with Gasteiger partial charge in [0.05, 0.1) is 5.56 Å². The second-order valence-corrected chi connectivity index (χ2v) is 2.73. The summed E-state index contributed by atoms with van der Waals surface area (Å²) in [4.78, 5) is 10.8. The first-order valence-corrected chi connectivity index (χ1v) is 4.25. The van der Waals surface area contributed by atoms with Crippen molar-refractivity contribution in [2.24, 2.45) is 0 Å². The molecular formula is C11H11NO2. The zero-order valence-corrected chi connectivity index (χ0v) is 7.66. The smallest absolute Gasteiger partial charge is 0.337 e. The summed E-state index contributed by atoms with van der Waals surface area (Å²) in [6.07, 6.45) is 5.66. The molecule has 0 atom stereocenters. The molecule has 0 fully saturated rings. The van der Waals surface area contributed by atoms with Gasteiger partial charge in [-0.15, -0.1) is 12.3 Å². The van der Waals surface area contributed by atoms with Gasteiger partial charge in [0.2, 0.25) is 0 Å². The van der Waals surface area contributed by atoms with Crippen molar-refractivity contribution in [2.45, 2.75) is 6.42 Å². The van der Waals surface area contributed by atoms with E-state index in [0.717, 1.165) is 0 Å². The second kappa shape index (κ2) is 4.93. The van der Waals surface area contributed by atoms with Crippen molar-refractivity contribution < 1.29 is 9.90 Å². The van der Waals surface area contributed by atoms with E-state index in [2.05, 4.69) is 11.2 Å². The molecule has 14 heavy (non-hydrogen) atoms. The third kappa shape index (κ3) is 2.53. The van der Waals surface area contributed by atoms with Gasteiger partial charge < -0.3 is 10.4 Å². The van der Waals surface area contributed by atoms with Gasteiger partial charge in [0.25, 0.3) is 0 Å². The molecule has 1 rings (SSSR count). The van der Waals surface area contributed by atoms with Crippen molar-refractivity contribution in [1.29, 1.82) is 0 Å². The van der Waals surface area contributed by atoms with Crippen LogP contribution in [0.15, 0.2) is 24.3 Å². The molecule has 0 bridgehead atoms. The van der Waals surface area contributed by atoms with Gasteiger partial charge in [0, 0.05) is 18.7 Å². The number of nitrogens with one attached hydrogen (secondary N) is 1. The van der Waals surface area contributed by atoms with E-state index in [9.17, 15) is 4.79 Å². The summed E-state index contributed by atoms with van der Waals surface area (Å²) in [6.45, 7) is 0.584. The van der Waals surface area contributed by atoms with Crippen molar-refractivity contribution >= 4 is 11.7 Å². The van der Waals surface area contributed by atoms with Crippen molar-refractivity contribution in [2.75, 3.05) is 11.9 Å². The first-order valence-electron chi connectivity index (χ1n) is 4.25. The van der Waals surface area contributed by atoms with Crippen LogP contribution >= 0.6 is 0 Å². The fourth-order valence-electron chi connectivity index (χ4n) is 1.09. The van der Waals surface area contributed by atoms with Crippen LogP contribution in [0, 0.1) is 12.3 Å². The van der Waals surface area contributed by atoms with Crippen molar-refractivity contribution in [1.82, 2.24) is 0 Å². The van der Waals surface area contributed by atoms with Gasteiger partial charge in [-0.3, -0.25) is 0 Å². The number of hydrogen-bond donors (Lipinski definition) is 2. The standard InChI is InChI=1S/C11H11NO2/c1-2-3-8-12-10-7-5-4-6-9(10)11(13)14/h1,4-7,12H,3,8H2,(H,13,14). The Hall–Kier alpha value is -1.95. The molecule has 0 aliphatic rings. The monoisotopic (exact) mass is 189 g/mol. The number of aromatic carboxylic acids is 1. The molecule has 0 aliphatic carbocycles. The highest BCUT2D eigenvalue weighted by Gasteiger charge is 2.07. The highest BCUT2D eigenvalue weighted by molar-refractivity contribution is 5.94. The number of carbonyl (C=O) groups is 1. The predicted octanol–water partition coefficient (Wildman–Crippen LogP) is 1.82. The SMILES string of the molecule is C#CCCNc1ccccc1C(=O)O. The topological polar surface area (TPSA) is 49.3 Å². The minimum atomic E-state index is -0.936. The molecule has 0 aromatic heterocycles. The lowest BCUT2D eigenvalue weighted by atomic mass is 10.2. The number of terminal acetylenes is 1. The third-order valence-corrected chi connectivity index (χ3v) is 1.74. The molecule has 0 radical (unpaired) electrons. The van der Waals surface area contributed by atoms with Crippen LogP contribution in [-0.4, -0.2) is 17.6 Å². The van der Waals surface area contributed by atoms with Crippen LogP contribution in [-0.2, 0) is 0 Å². The fraction of sp³-hybridized carbons (Fsp3) is 0.182. The third-order valence-electron chi connectivity index (χ3n) is 1.74. The number of rotatable bonds is 4. The maximum Gasteiger partial charge on any atom is 0.337 e. The van der Waals surface area contributed by atoms with Crippen LogP contribution < -0.4 is 5.32 Å². The summed E-state index contributed by atoms with van der Waals surface area (Å²) < 4.78 is 0. The van der Waals surface area contributed by atoms with Gasteiger partial charge in [-0.1, -0.05) is 12.1 Å². The Morgan fingerprint density at radius 1 is 1.50 bits per heavy atom. The lowest BCUT2D eigenvalue weighted by molar-refractivity contribution is 0.0698. The largest absolute Gasteiger partial charge is 0.478 e. The Kier molecular flexibility index (Phi) is 3.57. The Morgan fingerprint density at radius 2 is 2.21 bits per heavy atom. The number of anilines is 1. The van der Waals surface area contributed by atoms with E-state index in [-0.39, 0.29) is 5.56 Å². The normalized spacial score (nSPS) is 9.07. The first-order chi connectivity index (χ1) is 6.75. The molecule has 0 spiro atoms. The lowest BCUT2D eigenvalue weighted by Gasteiger charge is -2.06. The molecule has 1 aromatic carbocycles. The molecule has 2 N–H and O–H groups in total. The first kappa shape index (κ1) is 10.1. The van der Waals surface area contributed by atoms with Gasteiger partial charge >= 0.3 is 5.97 Å². The predicted molar refractivity (Wildman–Crippen MR) is 55.3 cm³/mol. The molecule has 0 saturated carbocycles. The Morgan fingerprint density at radius 3 is 2.86 bits per heavy atom. The molecule has 3 nitrogen and oxygen atoms in total. The van der Waals surface area contributed by atoms with Crippen molar-refractivity contribution in [3.05, 3.63) is 29.8 Å². The van der Waals surface area contributed by atoms with Crippen LogP contribution in [0.4, 0.5) is 5.69 Å². The van der Waals surface area contributed by atoms with E-state index >= 15 is 0 Å². The van der Waals surface area contributed by atoms with E-state index in [0.29, 0.717) is 18.7 Å². The van der Waals surface area contributed by atoms with E-state index in [1.807, 2.05) is 0 Å². The Bertz CT molecular complexity index is 366. The number of benzene rings is 1. The molecule has 1 aromatic rings. The van der Waals surface area contributed by atoms with Crippen molar-refractivity contribution in [3.8, 4) is 12.3 Å². The molecule has 0 amide bonds. The molecule has 0 heterocycles. The Balaban J connectivity index is 2.75. The zero-order chi connectivity index (χ0) is 10.4. The maximum atomic E-state index is 10.8. The maximum absolute atomic E-state index is 10.8. The molecule has 0 saturated heterocycles. The van der Waals surface area contributed by atoms with Gasteiger partial charge in [-0.25, -0.2) is 4.79 Å². The van der Waals surface area contributed by atoms with Gasteiger partial charge in [0.15, 0.2) is 0 Å². The van der Waals surface area contributed by atoms with Gasteiger partial charge in [0.1, 0.15) is 0 Å². The number of hydrogen-bond acceptors (Lipinski definition) is 2. The highest BCUT2D eigenvalue weighted by Crippen LogP contribution is 2.14. The fourth-order valence-corrected chi connectivity index (χ4v) is 1.09. The summed E-state index contributed by atoms with van der Waals surface area (Å²) >= 11 is 0. The van der Waals surface area contributed by atoms with Crippen LogP contribution in [0.2, 0.25) is 0 Å². The number of para-hydroxylation sites is 1. The van der Waals surface area contributed by atoms with E-state index in [4.69, 9.17) is 11.5 Å². The molecule has 0 unspecified atom stereocenters. The minimum Gasteiger partial charge on any atom is -0.478 e. The lowest BCUT2D eigenvalue weighted by Crippen LogP contribution is -2.06. The van der Waals surface area contributed by atoms with Gasteiger partial charge in [-0.2, -0.15) is 0 Å². The quantitative estimate of drug-likeness (QED) is 0.561. The average Bonchev–Trinajstić information content (AvgIpc) is 2.19. The van der Waals surface area contributed by atoms with Crippen molar-refractivity contribution in [3.63, 3.8) is 0 Å². The molecule has 0 aliphatic heterocycles. The van der Waals surface area contributed by atoms with Crippen LogP contribution in [0.3, 0.4) is 0 Å². The number of carboxylic acid groups (broad SMARTS) is 1. The highest BCUT2D eigenvalue weighted by atomic mass is 16.4. The van der Waals surface area contributed by atoms with Gasteiger partial charge in [-0.05, 0) is 12.1 Å².